The van der Waals surface area contributed by atoms with Crippen LogP contribution in [0.15, 0.2) is 64.4 Å². The lowest BCUT2D eigenvalue weighted by atomic mass is 10.1. The Balaban J connectivity index is 1.41. The molecule has 1 aliphatic rings. The second kappa shape index (κ2) is 6.49. The van der Waals surface area contributed by atoms with Gasteiger partial charge in [0, 0.05) is 25.5 Å². The highest BCUT2D eigenvalue weighted by Gasteiger charge is 2.25. The van der Waals surface area contributed by atoms with E-state index < -0.39 is 0 Å². The molecule has 3 heterocycles. The van der Waals surface area contributed by atoms with Gasteiger partial charge in [-0.2, -0.15) is 0 Å². The molecular formula is C18H15N3O2S. The summed E-state index contributed by atoms with van der Waals surface area (Å²) in [5.74, 6) is 1.65. The zero-order valence-corrected chi connectivity index (χ0v) is 13.7. The summed E-state index contributed by atoms with van der Waals surface area (Å²) in [7, 11) is 0. The molecule has 24 heavy (non-hydrogen) atoms. The Labute approximate surface area is 143 Å². The molecule has 0 unspecified atom stereocenters. The molecule has 0 radical (unpaired) electrons. The molecule has 0 saturated carbocycles. The van der Waals surface area contributed by atoms with Crippen LogP contribution in [0.4, 0.5) is 0 Å². The summed E-state index contributed by atoms with van der Waals surface area (Å²) in [6.45, 7) is 1.27. The third-order valence-electron chi connectivity index (χ3n) is 3.89. The maximum Gasteiger partial charge on any atom is 0.290 e. The monoisotopic (exact) mass is 337 g/mol. The molecule has 6 heteroatoms. The summed E-state index contributed by atoms with van der Waals surface area (Å²) in [5.41, 5.74) is 2.41. The molecule has 5 nitrogen and oxygen atoms in total. The smallest absolute Gasteiger partial charge is 0.290 e. The first-order chi connectivity index (χ1) is 11.8. The van der Waals surface area contributed by atoms with Crippen LogP contribution in [0.3, 0.4) is 0 Å². The van der Waals surface area contributed by atoms with Gasteiger partial charge in [0.1, 0.15) is 5.76 Å². The molecule has 0 N–H and O–H groups in total. The number of furan rings is 1. The van der Waals surface area contributed by atoms with Gasteiger partial charge in [-0.3, -0.25) is 4.79 Å². The van der Waals surface area contributed by atoms with Gasteiger partial charge in [-0.15, -0.1) is 0 Å². The van der Waals surface area contributed by atoms with E-state index in [0.717, 1.165) is 5.76 Å². The Morgan fingerprint density at radius 3 is 2.46 bits per heavy atom. The van der Waals surface area contributed by atoms with Gasteiger partial charge in [0.2, 0.25) is 0 Å². The molecule has 0 bridgehead atoms. The summed E-state index contributed by atoms with van der Waals surface area (Å²) in [6, 6.07) is 13.5. The van der Waals surface area contributed by atoms with E-state index in [9.17, 15) is 4.79 Å². The summed E-state index contributed by atoms with van der Waals surface area (Å²) in [5, 5.41) is 0.691. The van der Waals surface area contributed by atoms with Crippen molar-refractivity contribution in [2.45, 2.75) is 24.0 Å². The average molecular weight is 337 g/mol. The number of thioether (sulfide) groups is 1. The molecule has 0 fully saturated rings. The van der Waals surface area contributed by atoms with Crippen LogP contribution in [0.1, 0.15) is 27.4 Å². The highest BCUT2D eigenvalue weighted by molar-refractivity contribution is 7.98. The van der Waals surface area contributed by atoms with Gasteiger partial charge >= 0.3 is 0 Å². The molecular weight excluding hydrogens is 322 g/mol. The topological polar surface area (TPSA) is 59.2 Å². The van der Waals surface area contributed by atoms with E-state index >= 15 is 0 Å². The standard InChI is InChI=1S/C18H15N3O2S/c22-17(21-10-13-4-1-2-5-14(13)11-21)16-7-6-15(23-16)12-24-18-19-8-3-9-20-18/h1-9H,10-12H2. The Hall–Kier alpha value is -2.60. The van der Waals surface area contributed by atoms with E-state index in [2.05, 4.69) is 22.1 Å². The molecule has 1 aromatic carbocycles. The first kappa shape index (κ1) is 15.0. The number of carbonyl (C=O) groups is 1. The maximum atomic E-state index is 12.6. The van der Waals surface area contributed by atoms with E-state index in [1.54, 1.807) is 29.4 Å². The lowest BCUT2D eigenvalue weighted by molar-refractivity contribution is 0.0717. The van der Waals surface area contributed by atoms with Gasteiger partial charge in [-0.25, -0.2) is 9.97 Å². The van der Waals surface area contributed by atoms with Crippen LogP contribution in [-0.4, -0.2) is 20.8 Å². The molecule has 1 aliphatic heterocycles. The molecule has 0 atom stereocenters. The first-order valence-electron chi connectivity index (χ1n) is 7.64. The van der Waals surface area contributed by atoms with E-state index in [-0.39, 0.29) is 5.91 Å². The minimum absolute atomic E-state index is 0.0709. The molecule has 4 rings (SSSR count). The SMILES string of the molecule is O=C(c1ccc(CSc2ncccn2)o1)N1Cc2ccccc2C1. The average Bonchev–Trinajstić information content (AvgIpc) is 3.27. The number of fused-ring (bicyclic) bond motifs is 1. The zero-order valence-electron chi connectivity index (χ0n) is 12.9. The second-order valence-electron chi connectivity index (χ2n) is 5.52. The highest BCUT2D eigenvalue weighted by Crippen LogP contribution is 2.25. The summed E-state index contributed by atoms with van der Waals surface area (Å²) in [6.07, 6.45) is 3.41. The fraction of sp³-hybridized carbons (Fsp3) is 0.167. The number of nitrogens with zero attached hydrogens (tertiary/aromatic N) is 3. The van der Waals surface area contributed by atoms with E-state index in [0.29, 0.717) is 29.8 Å². The number of hydrogen-bond acceptors (Lipinski definition) is 5. The van der Waals surface area contributed by atoms with Gasteiger partial charge < -0.3 is 9.32 Å². The third kappa shape index (κ3) is 3.05. The van der Waals surface area contributed by atoms with Crippen molar-refractivity contribution >= 4 is 17.7 Å². The summed E-state index contributed by atoms with van der Waals surface area (Å²) >= 11 is 1.48. The van der Waals surface area contributed by atoms with Crippen LogP contribution in [0.25, 0.3) is 0 Å². The van der Waals surface area contributed by atoms with E-state index in [1.165, 1.54) is 22.9 Å². The van der Waals surface area contributed by atoms with Gasteiger partial charge in [-0.1, -0.05) is 36.0 Å². The molecule has 0 saturated heterocycles. The Morgan fingerprint density at radius 1 is 1.04 bits per heavy atom. The van der Waals surface area contributed by atoms with Crippen LogP contribution in [0.2, 0.25) is 0 Å². The van der Waals surface area contributed by atoms with Crippen LogP contribution >= 0.6 is 11.8 Å². The van der Waals surface area contributed by atoms with Crippen LogP contribution in [0.5, 0.6) is 0 Å². The number of benzene rings is 1. The minimum atomic E-state index is -0.0709. The molecule has 0 aliphatic carbocycles. The Bertz CT molecular complexity index is 838. The van der Waals surface area contributed by atoms with Gasteiger partial charge in [0.05, 0.1) is 5.75 Å². The Morgan fingerprint density at radius 2 is 1.75 bits per heavy atom. The van der Waals surface area contributed by atoms with Crippen molar-refractivity contribution in [3.05, 3.63) is 77.5 Å². The van der Waals surface area contributed by atoms with Crippen LogP contribution in [0, 0.1) is 0 Å². The molecule has 120 valence electrons. The van der Waals surface area contributed by atoms with Crippen molar-refractivity contribution in [2.75, 3.05) is 0 Å². The van der Waals surface area contributed by atoms with Crippen molar-refractivity contribution in [1.82, 2.24) is 14.9 Å². The molecule has 0 spiro atoms. The largest absolute Gasteiger partial charge is 0.455 e. The van der Waals surface area contributed by atoms with Crippen LogP contribution in [-0.2, 0) is 18.8 Å². The Kier molecular flexibility index (Phi) is 4.04. The number of aromatic nitrogens is 2. The van der Waals surface area contributed by atoms with E-state index in [1.807, 2.05) is 18.2 Å². The number of carbonyl (C=O) groups excluding carboxylic acids is 1. The summed E-state index contributed by atoms with van der Waals surface area (Å²) < 4.78 is 5.71. The summed E-state index contributed by atoms with van der Waals surface area (Å²) in [4.78, 5) is 22.7. The normalized spacial score (nSPS) is 13.1. The van der Waals surface area contributed by atoms with Gasteiger partial charge in [0.15, 0.2) is 10.9 Å². The van der Waals surface area contributed by atoms with Crippen molar-refractivity contribution in [2.24, 2.45) is 0 Å². The van der Waals surface area contributed by atoms with E-state index in [4.69, 9.17) is 4.42 Å². The number of rotatable bonds is 4. The van der Waals surface area contributed by atoms with Gasteiger partial charge in [0.25, 0.3) is 5.91 Å². The fourth-order valence-corrected chi connectivity index (χ4v) is 3.40. The molecule has 1 amide bonds. The fourth-order valence-electron chi connectivity index (χ4n) is 2.70. The molecule has 3 aromatic rings. The highest BCUT2D eigenvalue weighted by atomic mass is 32.2. The maximum absolute atomic E-state index is 12.6. The molecule has 2 aromatic heterocycles. The lowest BCUT2D eigenvalue weighted by Gasteiger charge is -2.13. The number of hydrogen-bond donors (Lipinski definition) is 0. The van der Waals surface area contributed by atoms with Gasteiger partial charge in [-0.05, 0) is 29.3 Å². The van der Waals surface area contributed by atoms with Crippen molar-refractivity contribution < 1.29 is 9.21 Å². The number of amides is 1. The van der Waals surface area contributed by atoms with Crippen molar-refractivity contribution in [3.8, 4) is 0 Å². The van der Waals surface area contributed by atoms with Crippen molar-refractivity contribution in [3.63, 3.8) is 0 Å². The lowest BCUT2D eigenvalue weighted by Crippen LogP contribution is -2.24. The quantitative estimate of drug-likeness (QED) is 0.538. The first-order valence-corrected chi connectivity index (χ1v) is 8.63. The predicted molar refractivity (Wildman–Crippen MR) is 90.3 cm³/mol. The third-order valence-corrected chi connectivity index (χ3v) is 4.78. The zero-order chi connectivity index (χ0) is 16.4. The predicted octanol–water partition coefficient (Wildman–Crippen LogP) is 3.52. The van der Waals surface area contributed by atoms with Crippen molar-refractivity contribution in [1.29, 1.82) is 0 Å². The van der Waals surface area contributed by atoms with Crippen LogP contribution < -0.4 is 0 Å². The second-order valence-corrected chi connectivity index (χ2v) is 6.46. The minimum Gasteiger partial charge on any atom is -0.455 e.